The monoisotopic (exact) mass is 222 g/mol. The van der Waals surface area contributed by atoms with Crippen molar-refractivity contribution in [1.82, 2.24) is 5.32 Å². The van der Waals surface area contributed by atoms with Crippen LogP contribution in [-0.4, -0.2) is 18.2 Å². The summed E-state index contributed by atoms with van der Waals surface area (Å²) in [6, 6.07) is 6.63. The lowest BCUT2D eigenvalue weighted by Crippen LogP contribution is -2.36. The molecule has 1 aromatic carbocycles. The number of nitrogens with one attached hydrogen (secondary N) is 1. The van der Waals surface area contributed by atoms with Crippen molar-refractivity contribution < 1.29 is 9.59 Å². The fourth-order valence-corrected chi connectivity index (χ4v) is 1.61. The van der Waals surface area contributed by atoms with Crippen LogP contribution >= 0.6 is 11.6 Å². The van der Waals surface area contributed by atoms with Gasteiger partial charge in [0.1, 0.15) is 5.92 Å². The summed E-state index contributed by atoms with van der Waals surface area (Å²) < 4.78 is 0. The van der Waals surface area contributed by atoms with Gasteiger partial charge < -0.3 is 5.32 Å². The number of aliphatic imine (C=N–C) groups is 1. The summed E-state index contributed by atoms with van der Waals surface area (Å²) >= 11 is 5.78. The Morgan fingerprint density at radius 1 is 1.33 bits per heavy atom. The van der Waals surface area contributed by atoms with Crippen LogP contribution in [0.25, 0.3) is 0 Å². The van der Waals surface area contributed by atoms with Gasteiger partial charge in [0.15, 0.2) is 0 Å². The third-order valence-corrected chi connectivity index (χ3v) is 2.32. The van der Waals surface area contributed by atoms with Gasteiger partial charge in [-0.05, 0) is 17.7 Å². The Bertz CT molecular complexity index is 456. The molecule has 1 atom stereocenters. The summed E-state index contributed by atoms with van der Waals surface area (Å²) in [5, 5.41) is 2.87. The lowest BCUT2D eigenvalue weighted by molar-refractivity contribution is -0.129. The summed E-state index contributed by atoms with van der Waals surface area (Å²) in [5.41, 5.74) is 0.557. The third-order valence-electron chi connectivity index (χ3n) is 2.09. The number of hydrogen-bond donors (Lipinski definition) is 1. The van der Waals surface area contributed by atoms with Crippen LogP contribution in [0.3, 0.4) is 0 Å². The van der Waals surface area contributed by atoms with Crippen LogP contribution in [-0.2, 0) is 9.59 Å². The normalized spacial score (nSPS) is 20.2. The van der Waals surface area contributed by atoms with Crippen molar-refractivity contribution in [2.24, 2.45) is 4.99 Å². The van der Waals surface area contributed by atoms with Gasteiger partial charge in [0, 0.05) is 5.02 Å². The van der Waals surface area contributed by atoms with Crippen molar-refractivity contribution in [2.45, 2.75) is 5.92 Å². The van der Waals surface area contributed by atoms with Gasteiger partial charge >= 0.3 is 0 Å². The number of amides is 2. The average molecular weight is 223 g/mol. The van der Waals surface area contributed by atoms with Gasteiger partial charge in [-0.2, -0.15) is 0 Å². The van der Waals surface area contributed by atoms with E-state index in [1.54, 1.807) is 24.3 Å². The fraction of sp³-hybridized carbons (Fsp3) is 0.100. The van der Waals surface area contributed by atoms with Crippen molar-refractivity contribution in [2.75, 3.05) is 0 Å². The van der Waals surface area contributed by atoms with E-state index < -0.39 is 11.8 Å². The Balaban J connectivity index is 2.41. The van der Waals surface area contributed by atoms with Gasteiger partial charge in [0.25, 0.3) is 5.91 Å². The molecule has 0 spiro atoms. The summed E-state index contributed by atoms with van der Waals surface area (Å²) in [6.45, 7) is 0. The van der Waals surface area contributed by atoms with Crippen LogP contribution in [0.2, 0.25) is 5.02 Å². The lowest BCUT2D eigenvalue weighted by Gasteiger charge is -2.15. The number of carbonyl (C=O) groups is 2. The lowest BCUT2D eigenvalue weighted by atomic mass is 9.97. The maximum Gasteiger partial charge on any atom is 0.264 e. The first-order valence-corrected chi connectivity index (χ1v) is 4.68. The van der Waals surface area contributed by atoms with E-state index in [1.165, 1.54) is 0 Å². The predicted molar refractivity (Wildman–Crippen MR) is 55.8 cm³/mol. The minimum absolute atomic E-state index is 0.378. The molecule has 1 aliphatic heterocycles. The van der Waals surface area contributed by atoms with E-state index in [9.17, 15) is 9.59 Å². The molecule has 0 saturated heterocycles. The minimum Gasteiger partial charge on any atom is -0.316 e. The van der Waals surface area contributed by atoms with Crippen molar-refractivity contribution in [3.05, 3.63) is 34.9 Å². The van der Waals surface area contributed by atoms with E-state index in [0.717, 1.165) is 6.34 Å². The molecule has 0 bridgehead atoms. The van der Waals surface area contributed by atoms with E-state index in [1.807, 2.05) is 0 Å². The Kier molecular flexibility index (Phi) is 2.51. The maximum absolute atomic E-state index is 11.5. The van der Waals surface area contributed by atoms with Crippen LogP contribution in [0.4, 0.5) is 0 Å². The molecule has 0 radical (unpaired) electrons. The highest BCUT2D eigenvalue weighted by Crippen LogP contribution is 2.22. The molecule has 2 rings (SSSR count). The molecule has 0 fully saturated rings. The number of rotatable bonds is 1. The van der Waals surface area contributed by atoms with Crippen molar-refractivity contribution in [3.63, 3.8) is 0 Å². The second-order valence-corrected chi connectivity index (χ2v) is 3.53. The largest absolute Gasteiger partial charge is 0.316 e. The number of benzene rings is 1. The number of halogens is 1. The number of nitrogens with zero attached hydrogens (tertiary/aromatic N) is 1. The van der Waals surface area contributed by atoms with E-state index in [-0.39, 0.29) is 5.91 Å². The van der Waals surface area contributed by atoms with Gasteiger partial charge in [-0.25, -0.2) is 4.99 Å². The molecule has 1 unspecified atom stereocenters. The second kappa shape index (κ2) is 3.82. The smallest absolute Gasteiger partial charge is 0.264 e. The van der Waals surface area contributed by atoms with Crippen molar-refractivity contribution in [1.29, 1.82) is 0 Å². The summed E-state index contributed by atoms with van der Waals surface area (Å²) in [6.07, 6.45) is 1.10. The van der Waals surface area contributed by atoms with Crippen molar-refractivity contribution >= 4 is 29.8 Å². The highest BCUT2D eigenvalue weighted by Gasteiger charge is 2.30. The second-order valence-electron chi connectivity index (χ2n) is 3.09. The minimum atomic E-state index is -0.881. The predicted octanol–water partition coefficient (Wildman–Crippen LogP) is 1.11. The molecule has 1 aromatic rings. The molecule has 0 aliphatic carbocycles. The van der Waals surface area contributed by atoms with Crippen LogP contribution < -0.4 is 5.32 Å². The van der Waals surface area contributed by atoms with E-state index in [0.29, 0.717) is 10.6 Å². The molecule has 1 aliphatic rings. The molecule has 76 valence electrons. The Morgan fingerprint density at radius 3 is 2.80 bits per heavy atom. The highest BCUT2D eigenvalue weighted by atomic mass is 35.5. The molecule has 1 heterocycles. The van der Waals surface area contributed by atoms with Crippen LogP contribution in [0.15, 0.2) is 29.3 Å². The van der Waals surface area contributed by atoms with Gasteiger partial charge in [0.2, 0.25) is 5.91 Å². The Morgan fingerprint density at radius 2 is 2.13 bits per heavy atom. The zero-order valence-electron chi connectivity index (χ0n) is 7.61. The van der Waals surface area contributed by atoms with E-state index in [4.69, 9.17) is 11.6 Å². The molecule has 4 nitrogen and oxygen atoms in total. The van der Waals surface area contributed by atoms with Crippen molar-refractivity contribution in [3.8, 4) is 0 Å². The molecule has 1 N–H and O–H groups in total. The summed E-state index contributed by atoms with van der Waals surface area (Å²) in [4.78, 5) is 26.4. The maximum atomic E-state index is 11.5. The van der Waals surface area contributed by atoms with E-state index in [2.05, 4.69) is 10.3 Å². The van der Waals surface area contributed by atoms with Gasteiger partial charge in [-0.1, -0.05) is 23.7 Å². The molecule has 5 heteroatoms. The molecule has 2 amide bonds. The zero-order valence-corrected chi connectivity index (χ0v) is 8.36. The van der Waals surface area contributed by atoms with Gasteiger partial charge in [0.05, 0.1) is 6.34 Å². The quantitative estimate of drug-likeness (QED) is 0.724. The standard InChI is InChI=1S/C10H7ClN2O2/c11-7-3-1-2-6(4-7)8-9(14)12-5-13-10(8)15/h1-5,8H,(H,12,13,14,15). The fourth-order valence-electron chi connectivity index (χ4n) is 1.41. The SMILES string of the molecule is O=C1N=CNC(=O)C1c1cccc(Cl)c1. The Labute approximate surface area is 91.0 Å². The zero-order chi connectivity index (χ0) is 10.8. The van der Waals surface area contributed by atoms with Crippen LogP contribution in [0, 0.1) is 0 Å². The topological polar surface area (TPSA) is 58.5 Å². The van der Waals surface area contributed by atoms with E-state index >= 15 is 0 Å². The molecular weight excluding hydrogens is 216 g/mol. The Hall–Kier alpha value is -1.68. The average Bonchev–Trinajstić information content (AvgIpc) is 2.17. The highest BCUT2D eigenvalue weighted by molar-refractivity contribution is 6.30. The number of hydrogen-bond acceptors (Lipinski definition) is 2. The van der Waals surface area contributed by atoms with Gasteiger partial charge in [-0.15, -0.1) is 0 Å². The number of carbonyl (C=O) groups excluding carboxylic acids is 2. The molecular formula is C10H7ClN2O2. The van der Waals surface area contributed by atoms with Crippen LogP contribution in [0.5, 0.6) is 0 Å². The molecule has 0 aromatic heterocycles. The summed E-state index contributed by atoms with van der Waals surface area (Å²) in [5.74, 6) is -1.73. The molecule has 15 heavy (non-hydrogen) atoms. The molecule has 0 saturated carbocycles. The third kappa shape index (κ3) is 1.89. The summed E-state index contributed by atoms with van der Waals surface area (Å²) in [7, 11) is 0. The first-order chi connectivity index (χ1) is 7.18. The first kappa shape index (κ1) is 9.86. The van der Waals surface area contributed by atoms with Gasteiger partial charge in [-0.3, -0.25) is 9.59 Å². The van der Waals surface area contributed by atoms with Crippen LogP contribution in [0.1, 0.15) is 11.5 Å². The first-order valence-electron chi connectivity index (χ1n) is 4.31.